The molecule has 0 radical (unpaired) electrons. The van der Waals surface area contributed by atoms with Gasteiger partial charge in [0.15, 0.2) is 0 Å². The van der Waals surface area contributed by atoms with Crippen molar-refractivity contribution in [1.82, 2.24) is 0 Å². The van der Waals surface area contributed by atoms with Crippen LogP contribution in [0.3, 0.4) is 0 Å². The zero-order chi connectivity index (χ0) is 15.6. The van der Waals surface area contributed by atoms with E-state index in [2.05, 4.69) is 0 Å². The van der Waals surface area contributed by atoms with Gasteiger partial charge in [-0.25, -0.2) is 9.18 Å². The Balaban J connectivity index is 2.67. The Morgan fingerprint density at radius 1 is 1.24 bits per heavy atom. The second-order valence-corrected chi connectivity index (χ2v) is 4.69. The van der Waals surface area contributed by atoms with Gasteiger partial charge in [-0.2, -0.15) is 0 Å². The predicted molar refractivity (Wildman–Crippen MR) is 81.6 cm³/mol. The number of benzene rings is 2. The molecule has 3 N–H and O–H groups in total. The summed E-state index contributed by atoms with van der Waals surface area (Å²) in [6, 6.07) is 10.3. The van der Waals surface area contributed by atoms with E-state index in [1.54, 1.807) is 0 Å². The second-order valence-electron chi connectivity index (χ2n) is 4.69. The number of nitrogens with two attached hydrogens (primary N) is 1. The summed E-state index contributed by atoms with van der Waals surface area (Å²) in [5, 5.41) is 9.36. The van der Waals surface area contributed by atoms with E-state index in [0.29, 0.717) is 12.2 Å². The van der Waals surface area contributed by atoms with Crippen LogP contribution < -0.4 is 10.6 Å². The number of carboxylic acids is 1. The predicted octanol–water partition coefficient (Wildman–Crippen LogP) is 3.57. The average Bonchev–Trinajstić information content (AvgIpc) is 2.45. The maximum absolute atomic E-state index is 13.6. The summed E-state index contributed by atoms with van der Waals surface area (Å²) in [6.45, 7) is 4.37. The van der Waals surface area contributed by atoms with Crippen LogP contribution in [0.2, 0.25) is 0 Å². The van der Waals surface area contributed by atoms with Crippen molar-refractivity contribution >= 4 is 23.0 Å². The molecule has 0 aromatic heterocycles. The summed E-state index contributed by atoms with van der Waals surface area (Å²) < 4.78 is 13.6. The zero-order valence-electron chi connectivity index (χ0n) is 11.9. The number of nitrogens with zero attached hydrogens (tertiary/aromatic N) is 1. The van der Waals surface area contributed by atoms with Crippen LogP contribution in [0.4, 0.5) is 21.5 Å². The van der Waals surface area contributed by atoms with Crippen LogP contribution in [-0.4, -0.2) is 17.6 Å². The lowest BCUT2D eigenvalue weighted by Gasteiger charge is -2.27. The first-order valence-corrected chi connectivity index (χ1v) is 6.61. The molecule has 4 nitrogen and oxygen atoms in total. The molecule has 0 saturated carbocycles. The molecule has 2 aromatic rings. The Hall–Kier alpha value is -2.56. The number of carbonyl (C=O) groups is 1. The molecule has 0 amide bonds. The van der Waals surface area contributed by atoms with E-state index in [1.807, 2.05) is 43.0 Å². The lowest BCUT2D eigenvalue weighted by atomic mass is 10.1. The van der Waals surface area contributed by atoms with Gasteiger partial charge in [-0.15, -0.1) is 0 Å². The van der Waals surface area contributed by atoms with E-state index in [9.17, 15) is 14.3 Å². The SMILES string of the molecule is CCN(c1ccccc1C)c1ccc(F)c(N)c1C(=O)O. The first-order chi connectivity index (χ1) is 9.97. The number of aromatic carboxylic acids is 1. The normalized spacial score (nSPS) is 10.4. The lowest BCUT2D eigenvalue weighted by Crippen LogP contribution is -2.21. The fourth-order valence-corrected chi connectivity index (χ4v) is 2.37. The fourth-order valence-electron chi connectivity index (χ4n) is 2.37. The first kappa shape index (κ1) is 14.8. The van der Waals surface area contributed by atoms with E-state index in [0.717, 1.165) is 11.3 Å². The van der Waals surface area contributed by atoms with Crippen LogP contribution in [-0.2, 0) is 0 Å². The van der Waals surface area contributed by atoms with E-state index < -0.39 is 11.8 Å². The maximum Gasteiger partial charge on any atom is 0.340 e. The minimum absolute atomic E-state index is 0.208. The number of aryl methyl sites for hydroxylation is 1. The van der Waals surface area contributed by atoms with Crippen molar-refractivity contribution < 1.29 is 14.3 Å². The highest BCUT2D eigenvalue weighted by atomic mass is 19.1. The molecule has 0 aliphatic heterocycles. The molecule has 0 aliphatic rings. The van der Waals surface area contributed by atoms with E-state index in [1.165, 1.54) is 12.1 Å². The molecule has 110 valence electrons. The van der Waals surface area contributed by atoms with Crippen LogP contribution in [0.5, 0.6) is 0 Å². The zero-order valence-corrected chi connectivity index (χ0v) is 11.9. The molecular weight excluding hydrogens is 271 g/mol. The van der Waals surface area contributed by atoms with Gasteiger partial charge in [-0.3, -0.25) is 0 Å². The largest absolute Gasteiger partial charge is 0.478 e. The molecule has 0 unspecified atom stereocenters. The van der Waals surface area contributed by atoms with Crippen LogP contribution >= 0.6 is 0 Å². The summed E-state index contributed by atoms with van der Waals surface area (Å²) in [7, 11) is 0. The topological polar surface area (TPSA) is 66.6 Å². The standard InChI is InChI=1S/C16H17FN2O2/c1-3-19(12-7-5-4-6-10(12)2)13-9-8-11(17)15(18)14(13)16(20)21/h4-9H,3,18H2,1-2H3,(H,20,21). The highest BCUT2D eigenvalue weighted by Crippen LogP contribution is 2.34. The van der Waals surface area contributed by atoms with E-state index >= 15 is 0 Å². The van der Waals surface area contributed by atoms with Crippen molar-refractivity contribution in [3.63, 3.8) is 0 Å². The Labute approximate surface area is 122 Å². The number of rotatable bonds is 4. The summed E-state index contributed by atoms with van der Waals surface area (Å²) in [5.74, 6) is -1.97. The van der Waals surface area contributed by atoms with Crippen LogP contribution in [0.1, 0.15) is 22.8 Å². The van der Waals surface area contributed by atoms with E-state index in [-0.39, 0.29) is 11.3 Å². The minimum atomic E-state index is -1.24. The third-order valence-electron chi connectivity index (χ3n) is 3.40. The fraction of sp³-hybridized carbons (Fsp3) is 0.188. The lowest BCUT2D eigenvalue weighted by molar-refractivity contribution is 0.0698. The van der Waals surface area contributed by atoms with Crippen molar-refractivity contribution in [2.24, 2.45) is 0 Å². The van der Waals surface area contributed by atoms with Gasteiger partial charge in [0, 0.05) is 12.2 Å². The maximum atomic E-state index is 13.6. The Morgan fingerprint density at radius 2 is 1.90 bits per heavy atom. The molecule has 2 rings (SSSR count). The Bertz CT molecular complexity index is 686. The van der Waals surface area contributed by atoms with Crippen molar-refractivity contribution in [2.45, 2.75) is 13.8 Å². The van der Waals surface area contributed by atoms with Gasteiger partial charge in [0.25, 0.3) is 0 Å². The number of anilines is 3. The van der Waals surface area contributed by atoms with Crippen LogP contribution in [0.25, 0.3) is 0 Å². The van der Waals surface area contributed by atoms with Gasteiger partial charge in [0.05, 0.1) is 11.4 Å². The Kier molecular flexibility index (Phi) is 4.12. The van der Waals surface area contributed by atoms with Gasteiger partial charge in [0.1, 0.15) is 11.4 Å². The minimum Gasteiger partial charge on any atom is -0.478 e. The summed E-state index contributed by atoms with van der Waals surface area (Å²) in [5.41, 5.74) is 7.32. The highest BCUT2D eigenvalue weighted by molar-refractivity contribution is 6.01. The molecular formula is C16H17FN2O2. The van der Waals surface area contributed by atoms with Crippen molar-refractivity contribution in [3.8, 4) is 0 Å². The number of hydrogen-bond acceptors (Lipinski definition) is 3. The number of nitrogen functional groups attached to an aromatic ring is 1. The van der Waals surface area contributed by atoms with Gasteiger partial charge >= 0.3 is 5.97 Å². The van der Waals surface area contributed by atoms with E-state index in [4.69, 9.17) is 5.73 Å². The molecule has 2 aromatic carbocycles. The van der Waals surface area contributed by atoms with Crippen molar-refractivity contribution in [3.05, 3.63) is 53.3 Å². The molecule has 0 bridgehead atoms. The quantitative estimate of drug-likeness (QED) is 0.844. The molecule has 0 heterocycles. The van der Waals surface area contributed by atoms with Gasteiger partial charge < -0.3 is 15.7 Å². The smallest absolute Gasteiger partial charge is 0.340 e. The number of para-hydroxylation sites is 1. The van der Waals surface area contributed by atoms with Gasteiger partial charge in [0.2, 0.25) is 0 Å². The molecule has 0 spiro atoms. The number of halogens is 1. The van der Waals surface area contributed by atoms with Crippen LogP contribution in [0, 0.1) is 12.7 Å². The summed E-state index contributed by atoms with van der Waals surface area (Å²) in [4.78, 5) is 13.3. The van der Waals surface area contributed by atoms with Crippen molar-refractivity contribution in [1.29, 1.82) is 0 Å². The highest BCUT2D eigenvalue weighted by Gasteiger charge is 2.22. The second kappa shape index (κ2) is 5.83. The molecule has 5 heteroatoms. The molecule has 0 fully saturated rings. The third kappa shape index (κ3) is 2.67. The van der Waals surface area contributed by atoms with Gasteiger partial charge in [-0.05, 0) is 37.6 Å². The number of carboxylic acid groups (broad SMARTS) is 1. The van der Waals surface area contributed by atoms with Crippen molar-refractivity contribution in [2.75, 3.05) is 17.2 Å². The molecule has 0 atom stereocenters. The first-order valence-electron chi connectivity index (χ1n) is 6.61. The average molecular weight is 288 g/mol. The third-order valence-corrected chi connectivity index (χ3v) is 3.40. The van der Waals surface area contributed by atoms with Crippen LogP contribution in [0.15, 0.2) is 36.4 Å². The summed E-state index contributed by atoms with van der Waals surface area (Å²) >= 11 is 0. The molecule has 0 saturated heterocycles. The van der Waals surface area contributed by atoms with Gasteiger partial charge in [-0.1, -0.05) is 18.2 Å². The Morgan fingerprint density at radius 3 is 2.48 bits per heavy atom. The monoisotopic (exact) mass is 288 g/mol. The summed E-state index contributed by atoms with van der Waals surface area (Å²) in [6.07, 6.45) is 0. The molecule has 21 heavy (non-hydrogen) atoms. The number of hydrogen-bond donors (Lipinski definition) is 2. The molecule has 0 aliphatic carbocycles.